The van der Waals surface area contributed by atoms with Gasteiger partial charge in [0.05, 0.1) is 12.1 Å². The molecule has 0 aliphatic heterocycles. The summed E-state index contributed by atoms with van der Waals surface area (Å²) >= 11 is 7.13. The van der Waals surface area contributed by atoms with Crippen LogP contribution in [-0.4, -0.2) is 21.9 Å². The molecule has 1 heterocycles. The molecule has 0 unspecified atom stereocenters. The number of hydrogen-bond donors (Lipinski definition) is 1. The Kier molecular flexibility index (Phi) is 2.98. The van der Waals surface area contributed by atoms with E-state index in [2.05, 4.69) is 20.1 Å². The van der Waals surface area contributed by atoms with Gasteiger partial charge >= 0.3 is 0 Å². The van der Waals surface area contributed by atoms with Gasteiger partial charge in [0, 0.05) is 17.2 Å². The molecule has 0 saturated heterocycles. The Morgan fingerprint density at radius 3 is 2.93 bits per heavy atom. The van der Waals surface area contributed by atoms with Crippen LogP contribution in [0.5, 0.6) is 5.75 Å². The fraction of sp³-hybridized carbons (Fsp3) is 0.125. The largest absolute Gasteiger partial charge is 0.495 e. The maximum Gasteiger partial charge on any atom is 0.229 e. The predicted molar refractivity (Wildman–Crippen MR) is 59.0 cm³/mol. The zero-order chi connectivity index (χ0) is 10.7. The van der Waals surface area contributed by atoms with Crippen molar-refractivity contribution in [3.8, 4) is 5.75 Å². The molecule has 0 aliphatic rings. The summed E-state index contributed by atoms with van der Waals surface area (Å²) in [5.41, 5.74) is 0.819. The maximum absolute atomic E-state index is 5.96. The Labute approximate surface area is 95.2 Å². The third kappa shape index (κ3) is 2.34. The Morgan fingerprint density at radius 2 is 2.33 bits per heavy atom. The van der Waals surface area contributed by atoms with E-state index in [1.165, 1.54) is 11.5 Å². The fourth-order valence-electron chi connectivity index (χ4n) is 1.05. The minimum absolute atomic E-state index is 0.542. The molecule has 0 bridgehead atoms. The smallest absolute Gasteiger partial charge is 0.229 e. The number of benzene rings is 1. The summed E-state index contributed by atoms with van der Waals surface area (Å²) in [5.74, 6) is 0.637. The molecule has 2 aromatic rings. The second kappa shape index (κ2) is 4.41. The van der Waals surface area contributed by atoms with Gasteiger partial charge in [0.2, 0.25) is 5.13 Å². The van der Waals surface area contributed by atoms with Gasteiger partial charge in [-0.1, -0.05) is 21.2 Å². The van der Waals surface area contributed by atoms with Gasteiger partial charge in [0.15, 0.2) is 0 Å². The SMILES string of the molecule is COc1ccc(Nc2nnns2)cc1Cl. The van der Waals surface area contributed by atoms with Crippen LogP contribution in [0.3, 0.4) is 0 Å². The van der Waals surface area contributed by atoms with Crippen molar-refractivity contribution >= 4 is 34.0 Å². The minimum Gasteiger partial charge on any atom is -0.495 e. The van der Waals surface area contributed by atoms with E-state index in [0.29, 0.717) is 15.9 Å². The van der Waals surface area contributed by atoms with E-state index in [9.17, 15) is 0 Å². The van der Waals surface area contributed by atoms with Crippen LogP contribution in [-0.2, 0) is 0 Å². The third-order valence-corrected chi connectivity index (χ3v) is 2.51. The molecule has 0 radical (unpaired) electrons. The molecule has 2 rings (SSSR count). The molecule has 0 saturated carbocycles. The van der Waals surface area contributed by atoms with Crippen LogP contribution in [0.4, 0.5) is 10.8 Å². The summed E-state index contributed by atoms with van der Waals surface area (Å²) in [6.45, 7) is 0. The highest BCUT2D eigenvalue weighted by Gasteiger charge is 2.03. The van der Waals surface area contributed by atoms with Crippen molar-refractivity contribution in [2.75, 3.05) is 12.4 Å². The molecule has 78 valence electrons. The van der Waals surface area contributed by atoms with Gasteiger partial charge in [-0.15, -0.1) is 0 Å². The second-order valence-corrected chi connectivity index (χ2v) is 3.78. The van der Waals surface area contributed by atoms with E-state index in [1.54, 1.807) is 19.2 Å². The first-order chi connectivity index (χ1) is 7.29. The lowest BCUT2D eigenvalue weighted by Crippen LogP contribution is -1.91. The first-order valence-electron chi connectivity index (χ1n) is 4.05. The number of ether oxygens (including phenoxy) is 1. The van der Waals surface area contributed by atoms with Crippen molar-refractivity contribution in [1.29, 1.82) is 0 Å². The molecule has 1 N–H and O–H groups in total. The highest BCUT2D eigenvalue weighted by atomic mass is 35.5. The molecule has 1 aromatic heterocycles. The van der Waals surface area contributed by atoms with Gasteiger partial charge in [-0.25, -0.2) is 0 Å². The van der Waals surface area contributed by atoms with Gasteiger partial charge in [0.1, 0.15) is 5.75 Å². The normalized spacial score (nSPS) is 10.0. The monoisotopic (exact) mass is 242 g/mol. The van der Waals surface area contributed by atoms with Crippen molar-refractivity contribution < 1.29 is 4.74 Å². The van der Waals surface area contributed by atoms with E-state index < -0.39 is 0 Å². The van der Waals surface area contributed by atoms with Gasteiger partial charge in [-0.3, -0.25) is 0 Å². The van der Waals surface area contributed by atoms with Gasteiger partial charge in [-0.2, -0.15) is 0 Å². The highest BCUT2D eigenvalue weighted by Crippen LogP contribution is 2.28. The van der Waals surface area contributed by atoms with Crippen LogP contribution >= 0.6 is 23.1 Å². The van der Waals surface area contributed by atoms with Crippen LogP contribution in [0.25, 0.3) is 0 Å². The molecule has 5 nitrogen and oxygen atoms in total. The molecule has 0 fully saturated rings. The Morgan fingerprint density at radius 1 is 1.47 bits per heavy atom. The van der Waals surface area contributed by atoms with Crippen LogP contribution in [0.15, 0.2) is 18.2 Å². The zero-order valence-electron chi connectivity index (χ0n) is 7.77. The molecule has 1 aromatic carbocycles. The summed E-state index contributed by atoms with van der Waals surface area (Å²) in [6.07, 6.45) is 0. The maximum atomic E-state index is 5.96. The average molecular weight is 243 g/mol. The lowest BCUT2D eigenvalue weighted by Gasteiger charge is -2.05. The molecule has 0 aliphatic carbocycles. The van der Waals surface area contributed by atoms with E-state index in [-0.39, 0.29) is 0 Å². The van der Waals surface area contributed by atoms with E-state index in [0.717, 1.165) is 5.69 Å². The van der Waals surface area contributed by atoms with Crippen molar-refractivity contribution in [3.63, 3.8) is 0 Å². The van der Waals surface area contributed by atoms with Crippen LogP contribution < -0.4 is 10.1 Å². The summed E-state index contributed by atoms with van der Waals surface area (Å²) in [7, 11) is 1.57. The van der Waals surface area contributed by atoms with Crippen LogP contribution in [0.2, 0.25) is 5.02 Å². The second-order valence-electron chi connectivity index (χ2n) is 2.64. The Bertz CT molecular complexity index is 448. The number of methoxy groups -OCH3 is 1. The topological polar surface area (TPSA) is 59.9 Å². The Balaban J connectivity index is 2.20. The summed E-state index contributed by atoms with van der Waals surface area (Å²) in [6, 6.07) is 5.37. The number of aromatic nitrogens is 3. The number of anilines is 2. The molecule has 7 heteroatoms. The molecule has 0 atom stereocenters. The number of hydrogen-bond acceptors (Lipinski definition) is 6. The van der Waals surface area contributed by atoms with Crippen LogP contribution in [0.1, 0.15) is 0 Å². The molecular weight excluding hydrogens is 236 g/mol. The first kappa shape index (κ1) is 10.1. The lowest BCUT2D eigenvalue weighted by molar-refractivity contribution is 0.415. The predicted octanol–water partition coefficient (Wildman–Crippen LogP) is 2.34. The summed E-state index contributed by atoms with van der Waals surface area (Å²) < 4.78 is 8.67. The van der Waals surface area contributed by atoms with E-state index >= 15 is 0 Å². The summed E-state index contributed by atoms with van der Waals surface area (Å²) in [4.78, 5) is 0. The molecule has 0 amide bonds. The van der Waals surface area contributed by atoms with Crippen molar-refractivity contribution in [2.45, 2.75) is 0 Å². The van der Waals surface area contributed by atoms with Crippen molar-refractivity contribution in [2.24, 2.45) is 0 Å². The van der Waals surface area contributed by atoms with E-state index in [4.69, 9.17) is 16.3 Å². The van der Waals surface area contributed by atoms with Gasteiger partial charge in [-0.05, 0) is 23.4 Å². The number of halogens is 1. The number of nitrogens with one attached hydrogen (secondary N) is 1. The summed E-state index contributed by atoms with van der Waals surface area (Å²) in [5, 5.41) is 11.4. The van der Waals surface area contributed by atoms with Crippen molar-refractivity contribution in [3.05, 3.63) is 23.2 Å². The number of nitrogens with zero attached hydrogens (tertiary/aromatic N) is 3. The third-order valence-electron chi connectivity index (χ3n) is 1.70. The van der Waals surface area contributed by atoms with Crippen LogP contribution in [0, 0.1) is 0 Å². The highest BCUT2D eigenvalue weighted by molar-refractivity contribution is 7.09. The fourth-order valence-corrected chi connectivity index (χ4v) is 1.69. The lowest BCUT2D eigenvalue weighted by atomic mass is 10.3. The first-order valence-corrected chi connectivity index (χ1v) is 5.20. The molecule has 15 heavy (non-hydrogen) atoms. The minimum atomic E-state index is 0.542. The molecule has 0 spiro atoms. The average Bonchev–Trinajstić information content (AvgIpc) is 2.71. The standard InChI is InChI=1S/C8H7ClN4OS/c1-14-7-3-2-5(4-6(7)9)10-8-11-12-13-15-8/h2-4H,1H3,(H,10,11,13). The number of rotatable bonds is 3. The van der Waals surface area contributed by atoms with Gasteiger partial charge < -0.3 is 10.1 Å². The van der Waals surface area contributed by atoms with Crippen molar-refractivity contribution in [1.82, 2.24) is 14.8 Å². The quantitative estimate of drug-likeness (QED) is 0.895. The van der Waals surface area contributed by atoms with Gasteiger partial charge in [0.25, 0.3) is 0 Å². The Hall–Kier alpha value is -1.40. The zero-order valence-corrected chi connectivity index (χ0v) is 9.34. The van der Waals surface area contributed by atoms with E-state index in [1.807, 2.05) is 6.07 Å². The molecular formula is C8H7ClN4OS.